The number of hydrogen-bond donors (Lipinski definition) is 2. The molecule has 0 aliphatic carbocycles. The topological polar surface area (TPSA) is 59.1 Å². The number of nitrogens with zero attached hydrogens (tertiary/aromatic N) is 2. The third-order valence-corrected chi connectivity index (χ3v) is 1.73. The van der Waals surface area contributed by atoms with Crippen molar-refractivity contribution >= 4 is 34.8 Å². The molecular weight excluding hydrogens is 191 g/mol. The van der Waals surface area contributed by atoms with Crippen LogP contribution in [0, 0.1) is 0 Å². The van der Waals surface area contributed by atoms with Gasteiger partial charge in [0.2, 0.25) is 0 Å². The summed E-state index contributed by atoms with van der Waals surface area (Å²) in [5.74, 6) is 0.860. The Morgan fingerprint density at radius 3 is 1.91 bits per heavy atom. The van der Waals surface area contributed by atoms with Crippen molar-refractivity contribution in [3.8, 4) is 0 Å². The van der Waals surface area contributed by atoms with Crippen LogP contribution in [0.5, 0.6) is 0 Å². The number of fused-ring (bicyclic) bond motifs is 1. The van der Waals surface area contributed by atoms with Gasteiger partial charge in [-0.15, -0.1) is 0 Å². The molecule has 1 aliphatic rings. The molecule has 1 aliphatic heterocycles. The number of rotatable bonds is 0. The lowest BCUT2D eigenvalue weighted by atomic mass is 10.6. The van der Waals surface area contributed by atoms with Gasteiger partial charge in [0.15, 0.2) is 21.9 Å². The highest BCUT2D eigenvalue weighted by molar-refractivity contribution is 6.40. The molecule has 5 nitrogen and oxygen atoms in total. The Kier molecular flexibility index (Phi) is 1.49. The molecule has 11 heavy (non-hydrogen) atoms. The molecule has 0 radical (unpaired) electrons. The Morgan fingerprint density at radius 2 is 1.45 bits per heavy atom. The summed E-state index contributed by atoms with van der Waals surface area (Å²) in [7, 11) is 0. The monoisotopic (exact) mass is 192 g/mol. The van der Waals surface area contributed by atoms with Crippen molar-refractivity contribution in [2.45, 2.75) is 0 Å². The number of aromatic nitrogens is 2. The molecule has 7 heteroatoms. The first kappa shape index (κ1) is 6.90. The molecule has 58 valence electrons. The van der Waals surface area contributed by atoms with Crippen LogP contribution < -0.4 is 11.0 Å². The predicted molar refractivity (Wildman–Crippen MR) is 40.4 cm³/mol. The lowest BCUT2D eigenvalue weighted by Gasteiger charge is -1.95. The van der Waals surface area contributed by atoms with Crippen molar-refractivity contribution < 1.29 is 4.94 Å². The van der Waals surface area contributed by atoms with Crippen LogP contribution >= 0.6 is 23.2 Å². The van der Waals surface area contributed by atoms with Crippen LogP contribution in [0.3, 0.4) is 0 Å². The zero-order chi connectivity index (χ0) is 7.84. The van der Waals surface area contributed by atoms with Gasteiger partial charge in [-0.2, -0.15) is 4.94 Å². The van der Waals surface area contributed by atoms with Crippen molar-refractivity contribution in [2.24, 2.45) is 0 Å². The van der Waals surface area contributed by atoms with E-state index in [9.17, 15) is 0 Å². The second-order valence-corrected chi connectivity index (χ2v) is 2.52. The van der Waals surface area contributed by atoms with E-state index in [1.54, 1.807) is 0 Å². The van der Waals surface area contributed by atoms with Crippen LogP contribution in [-0.2, 0) is 4.94 Å². The highest BCUT2D eigenvalue weighted by atomic mass is 35.5. The fraction of sp³-hybridized carbons (Fsp3) is 0. The number of halogens is 2. The minimum absolute atomic E-state index is 0.144. The summed E-state index contributed by atoms with van der Waals surface area (Å²) in [6.45, 7) is 0. The van der Waals surface area contributed by atoms with Crippen LogP contribution in [0.25, 0.3) is 0 Å². The van der Waals surface area contributed by atoms with E-state index in [1.807, 2.05) is 0 Å². The first-order chi connectivity index (χ1) is 5.27. The van der Waals surface area contributed by atoms with E-state index in [-0.39, 0.29) is 10.3 Å². The van der Waals surface area contributed by atoms with E-state index < -0.39 is 0 Å². The average molecular weight is 193 g/mol. The summed E-state index contributed by atoms with van der Waals surface area (Å²) < 4.78 is 0. The summed E-state index contributed by atoms with van der Waals surface area (Å²) in [5, 5.41) is 0.287. The Morgan fingerprint density at radius 1 is 1.00 bits per heavy atom. The highest BCUT2D eigenvalue weighted by Crippen LogP contribution is 2.27. The van der Waals surface area contributed by atoms with Crippen molar-refractivity contribution in [3.05, 3.63) is 10.3 Å². The summed E-state index contributed by atoms with van der Waals surface area (Å²) in [4.78, 5) is 12.2. The van der Waals surface area contributed by atoms with E-state index in [1.165, 1.54) is 0 Å². The molecule has 2 N–H and O–H groups in total. The van der Waals surface area contributed by atoms with Gasteiger partial charge in [-0.1, -0.05) is 23.2 Å². The Bertz CT molecular complexity index is 275. The van der Waals surface area contributed by atoms with Gasteiger partial charge in [0, 0.05) is 0 Å². The van der Waals surface area contributed by atoms with Gasteiger partial charge in [0.05, 0.1) is 0 Å². The van der Waals surface area contributed by atoms with E-state index in [0.29, 0.717) is 11.6 Å². The minimum Gasteiger partial charge on any atom is -0.220 e. The summed E-state index contributed by atoms with van der Waals surface area (Å²) >= 11 is 11.1. The maximum Gasteiger partial charge on any atom is 0.199 e. The first-order valence-electron chi connectivity index (χ1n) is 2.68. The Labute approximate surface area is 71.6 Å². The van der Waals surface area contributed by atoms with Gasteiger partial charge >= 0.3 is 0 Å². The van der Waals surface area contributed by atoms with E-state index in [4.69, 9.17) is 23.2 Å². The van der Waals surface area contributed by atoms with Gasteiger partial charge in [-0.05, 0) is 0 Å². The number of nitrogens with one attached hydrogen (secondary N) is 2. The Hall–Kier alpha value is -0.780. The summed E-state index contributed by atoms with van der Waals surface area (Å²) in [6, 6.07) is 0. The van der Waals surface area contributed by atoms with Gasteiger partial charge in [0.1, 0.15) is 0 Å². The molecule has 2 rings (SSSR count). The van der Waals surface area contributed by atoms with Gasteiger partial charge in [-0.25, -0.2) is 20.9 Å². The number of hydrogen-bond acceptors (Lipinski definition) is 5. The SMILES string of the molecule is Clc1nc2c(nc1Cl)NON2. The molecule has 0 bridgehead atoms. The van der Waals surface area contributed by atoms with E-state index in [0.717, 1.165) is 0 Å². The van der Waals surface area contributed by atoms with E-state index in [2.05, 4.69) is 25.9 Å². The van der Waals surface area contributed by atoms with Gasteiger partial charge < -0.3 is 0 Å². The summed E-state index contributed by atoms with van der Waals surface area (Å²) in [6.07, 6.45) is 0. The molecule has 0 unspecified atom stereocenters. The molecular formula is C4H2Cl2N4O. The van der Waals surface area contributed by atoms with Crippen LogP contribution in [0.4, 0.5) is 11.6 Å². The first-order valence-corrected chi connectivity index (χ1v) is 3.44. The average Bonchev–Trinajstić information content (AvgIpc) is 2.36. The van der Waals surface area contributed by atoms with Gasteiger partial charge in [-0.3, -0.25) is 0 Å². The summed E-state index contributed by atoms with van der Waals surface area (Å²) in [5.41, 5.74) is 4.88. The maximum absolute atomic E-state index is 5.56. The second-order valence-electron chi connectivity index (χ2n) is 1.81. The van der Waals surface area contributed by atoms with Crippen LogP contribution in [0.15, 0.2) is 0 Å². The molecule has 0 aromatic carbocycles. The van der Waals surface area contributed by atoms with Crippen molar-refractivity contribution in [1.29, 1.82) is 0 Å². The highest BCUT2D eigenvalue weighted by Gasteiger charge is 2.16. The zero-order valence-electron chi connectivity index (χ0n) is 5.06. The van der Waals surface area contributed by atoms with Gasteiger partial charge in [0.25, 0.3) is 0 Å². The molecule has 0 saturated carbocycles. The third-order valence-electron chi connectivity index (χ3n) is 1.11. The molecule has 1 aromatic heterocycles. The zero-order valence-corrected chi connectivity index (χ0v) is 6.57. The molecule has 0 atom stereocenters. The fourth-order valence-electron chi connectivity index (χ4n) is 0.659. The van der Waals surface area contributed by atoms with Crippen molar-refractivity contribution in [3.63, 3.8) is 0 Å². The molecule has 1 aromatic rings. The van der Waals surface area contributed by atoms with Crippen LogP contribution in [0.1, 0.15) is 0 Å². The number of anilines is 2. The fourth-order valence-corrected chi connectivity index (χ4v) is 0.913. The standard InChI is InChI=1S/C4H2Cl2N4O/c5-1-2(6)8-4-3(7-1)9-11-10-4/h(H,7,9)(H,8,10). The third kappa shape index (κ3) is 1.07. The molecule has 0 spiro atoms. The maximum atomic E-state index is 5.56. The molecule has 0 amide bonds. The predicted octanol–water partition coefficient (Wildman–Crippen LogP) is 1.47. The lowest BCUT2D eigenvalue weighted by Crippen LogP contribution is -1.95. The normalized spacial score (nSPS) is 13.6. The molecule has 0 fully saturated rings. The van der Waals surface area contributed by atoms with Crippen molar-refractivity contribution in [2.75, 3.05) is 11.0 Å². The quantitative estimate of drug-likeness (QED) is 0.653. The molecule has 0 saturated heterocycles. The Balaban J connectivity index is 2.57. The van der Waals surface area contributed by atoms with Crippen molar-refractivity contribution in [1.82, 2.24) is 9.97 Å². The van der Waals surface area contributed by atoms with Crippen LogP contribution in [-0.4, -0.2) is 9.97 Å². The smallest absolute Gasteiger partial charge is 0.199 e. The van der Waals surface area contributed by atoms with E-state index >= 15 is 0 Å². The second kappa shape index (κ2) is 2.37. The lowest BCUT2D eigenvalue weighted by molar-refractivity contribution is 0.280. The minimum atomic E-state index is 0.144. The largest absolute Gasteiger partial charge is 0.220 e. The molecule has 2 heterocycles. The van der Waals surface area contributed by atoms with Crippen LogP contribution in [0.2, 0.25) is 10.3 Å².